The highest BCUT2D eigenvalue weighted by molar-refractivity contribution is 9.10. The minimum atomic E-state index is -0.0983. The summed E-state index contributed by atoms with van der Waals surface area (Å²) in [5, 5.41) is 3.92. The molecule has 0 spiro atoms. The molecule has 0 atom stereocenters. The highest BCUT2D eigenvalue weighted by atomic mass is 79.9. The minimum absolute atomic E-state index is 0.0892. The Hall–Kier alpha value is -0.420. The summed E-state index contributed by atoms with van der Waals surface area (Å²) in [5.41, 5.74) is 0.369. The fraction of sp³-hybridized carbons (Fsp3) is 0.500. The van der Waals surface area contributed by atoms with Crippen molar-refractivity contribution in [3.63, 3.8) is 0 Å². The third kappa shape index (κ3) is 2.88. The van der Waals surface area contributed by atoms with E-state index in [4.69, 9.17) is 0 Å². The maximum Gasteiger partial charge on any atom is 0.271 e. The van der Waals surface area contributed by atoms with Gasteiger partial charge in [0.2, 0.25) is 0 Å². The molecule has 0 radical (unpaired) electrons. The van der Waals surface area contributed by atoms with E-state index in [9.17, 15) is 4.79 Å². The first-order valence-electron chi connectivity index (χ1n) is 5.66. The molecule has 0 bridgehead atoms. The number of nitrogens with one attached hydrogen (secondary N) is 1. The number of pyridine rings is 1. The van der Waals surface area contributed by atoms with Crippen LogP contribution in [0, 0.1) is 0 Å². The van der Waals surface area contributed by atoms with Gasteiger partial charge in [-0.25, -0.2) is 4.98 Å². The van der Waals surface area contributed by atoms with Crippen LogP contribution in [0.3, 0.4) is 0 Å². The Morgan fingerprint density at radius 3 is 2.76 bits per heavy atom. The van der Waals surface area contributed by atoms with E-state index in [-0.39, 0.29) is 11.4 Å². The molecule has 1 aliphatic carbocycles. The topological polar surface area (TPSA) is 42.0 Å². The number of rotatable bonds is 3. The van der Waals surface area contributed by atoms with Crippen LogP contribution in [0.1, 0.15) is 36.2 Å². The van der Waals surface area contributed by atoms with Gasteiger partial charge in [0.1, 0.15) is 5.69 Å². The minimum Gasteiger partial charge on any atom is -0.344 e. The van der Waals surface area contributed by atoms with Gasteiger partial charge in [0.25, 0.3) is 5.91 Å². The van der Waals surface area contributed by atoms with Crippen molar-refractivity contribution in [1.82, 2.24) is 10.3 Å². The second-order valence-corrected chi connectivity index (χ2v) is 5.82. The average molecular weight is 362 g/mol. The summed E-state index contributed by atoms with van der Waals surface area (Å²) in [7, 11) is 0. The van der Waals surface area contributed by atoms with Gasteiger partial charge in [0.05, 0.1) is 5.54 Å². The predicted molar refractivity (Wildman–Crippen MR) is 74.4 cm³/mol. The van der Waals surface area contributed by atoms with E-state index in [1.807, 2.05) is 6.07 Å². The van der Waals surface area contributed by atoms with E-state index in [0.717, 1.165) is 22.6 Å². The van der Waals surface area contributed by atoms with Gasteiger partial charge in [-0.2, -0.15) is 0 Å². The van der Waals surface area contributed by atoms with E-state index >= 15 is 0 Å². The number of halogens is 2. The summed E-state index contributed by atoms with van der Waals surface area (Å²) in [6.45, 7) is 0. The molecule has 1 aromatic rings. The Labute approximate surface area is 118 Å². The zero-order valence-electron chi connectivity index (χ0n) is 9.38. The normalized spacial score (nSPS) is 18.0. The second-order valence-electron chi connectivity index (χ2n) is 4.41. The van der Waals surface area contributed by atoms with Crippen LogP contribution < -0.4 is 5.32 Å². The summed E-state index contributed by atoms with van der Waals surface area (Å²) in [4.78, 5) is 16.3. The second kappa shape index (κ2) is 5.48. The molecule has 1 heterocycles. The van der Waals surface area contributed by atoms with Crippen molar-refractivity contribution in [3.05, 3.63) is 28.5 Å². The lowest BCUT2D eigenvalue weighted by Crippen LogP contribution is -2.48. The Kier molecular flexibility index (Phi) is 4.20. The first kappa shape index (κ1) is 13.0. The van der Waals surface area contributed by atoms with Crippen molar-refractivity contribution < 1.29 is 4.79 Å². The molecule has 0 aliphatic heterocycles. The summed E-state index contributed by atoms with van der Waals surface area (Å²) in [6, 6.07) is 3.63. The highest BCUT2D eigenvalue weighted by Crippen LogP contribution is 2.31. The molecular formula is C12H14Br2N2O. The molecule has 1 amide bonds. The van der Waals surface area contributed by atoms with Gasteiger partial charge in [-0.1, -0.05) is 28.8 Å². The van der Waals surface area contributed by atoms with Crippen molar-refractivity contribution in [2.45, 2.75) is 31.2 Å². The smallest absolute Gasteiger partial charge is 0.271 e. The van der Waals surface area contributed by atoms with Gasteiger partial charge in [0, 0.05) is 16.0 Å². The van der Waals surface area contributed by atoms with Crippen molar-refractivity contribution in [2.75, 3.05) is 5.33 Å². The molecule has 5 heteroatoms. The Morgan fingerprint density at radius 1 is 1.47 bits per heavy atom. The van der Waals surface area contributed by atoms with Gasteiger partial charge in [-0.3, -0.25) is 4.79 Å². The predicted octanol–water partition coefficient (Wildman–Crippen LogP) is 3.28. The van der Waals surface area contributed by atoms with Crippen LogP contribution in [0.25, 0.3) is 0 Å². The van der Waals surface area contributed by atoms with E-state index in [0.29, 0.717) is 5.69 Å². The molecule has 0 saturated heterocycles. The third-order valence-electron chi connectivity index (χ3n) is 3.17. The summed E-state index contributed by atoms with van der Waals surface area (Å²) in [5.74, 6) is -0.0983. The fourth-order valence-electron chi connectivity index (χ4n) is 2.20. The molecule has 1 aliphatic rings. The molecule has 0 unspecified atom stereocenters. The van der Waals surface area contributed by atoms with Crippen LogP contribution in [-0.2, 0) is 0 Å². The molecule has 1 N–H and O–H groups in total. The quantitative estimate of drug-likeness (QED) is 0.839. The Bertz CT molecular complexity index is 417. The van der Waals surface area contributed by atoms with Crippen LogP contribution in [0.4, 0.5) is 0 Å². The number of carbonyl (C=O) groups is 1. The Morgan fingerprint density at radius 2 is 2.18 bits per heavy atom. The van der Waals surface area contributed by atoms with E-state index in [2.05, 4.69) is 42.2 Å². The summed E-state index contributed by atoms with van der Waals surface area (Å²) >= 11 is 6.86. The molecule has 92 valence electrons. The van der Waals surface area contributed by atoms with Gasteiger partial charge in [-0.05, 0) is 40.9 Å². The largest absolute Gasteiger partial charge is 0.344 e. The SMILES string of the molecule is O=C(NC1(CBr)CCCC1)c1ncccc1Br. The zero-order chi connectivity index (χ0) is 12.3. The number of carbonyl (C=O) groups excluding carboxylic acids is 1. The van der Waals surface area contributed by atoms with Crippen LogP contribution in [0.2, 0.25) is 0 Å². The van der Waals surface area contributed by atoms with Crippen LogP contribution in [0.15, 0.2) is 22.8 Å². The number of nitrogens with zero attached hydrogens (tertiary/aromatic N) is 1. The van der Waals surface area contributed by atoms with Crippen LogP contribution in [-0.4, -0.2) is 21.8 Å². The molecular weight excluding hydrogens is 348 g/mol. The summed E-state index contributed by atoms with van der Waals surface area (Å²) in [6.07, 6.45) is 6.06. The van der Waals surface area contributed by atoms with Crippen molar-refractivity contribution in [3.8, 4) is 0 Å². The lowest BCUT2D eigenvalue weighted by Gasteiger charge is -2.28. The first-order valence-corrected chi connectivity index (χ1v) is 7.57. The third-order valence-corrected chi connectivity index (χ3v) is 4.88. The van der Waals surface area contributed by atoms with Crippen molar-refractivity contribution >= 4 is 37.8 Å². The lowest BCUT2D eigenvalue weighted by molar-refractivity contribution is 0.0904. The van der Waals surface area contributed by atoms with Crippen molar-refractivity contribution in [2.24, 2.45) is 0 Å². The number of alkyl halides is 1. The van der Waals surface area contributed by atoms with Crippen molar-refractivity contribution in [1.29, 1.82) is 0 Å². The maximum absolute atomic E-state index is 12.2. The molecule has 3 nitrogen and oxygen atoms in total. The molecule has 1 saturated carbocycles. The van der Waals surface area contributed by atoms with E-state index in [1.165, 1.54) is 12.8 Å². The maximum atomic E-state index is 12.2. The van der Waals surface area contributed by atoms with Gasteiger partial charge in [-0.15, -0.1) is 0 Å². The Balaban J connectivity index is 2.14. The fourth-order valence-corrected chi connectivity index (χ4v) is 3.33. The molecule has 0 aromatic carbocycles. The number of hydrogen-bond donors (Lipinski definition) is 1. The first-order chi connectivity index (χ1) is 8.17. The summed E-state index contributed by atoms with van der Waals surface area (Å²) < 4.78 is 0.736. The van der Waals surface area contributed by atoms with Gasteiger partial charge < -0.3 is 5.32 Å². The molecule has 17 heavy (non-hydrogen) atoms. The van der Waals surface area contributed by atoms with Gasteiger partial charge in [0.15, 0.2) is 0 Å². The lowest BCUT2D eigenvalue weighted by atomic mass is 10.0. The van der Waals surface area contributed by atoms with Gasteiger partial charge >= 0.3 is 0 Å². The average Bonchev–Trinajstić information content (AvgIpc) is 2.79. The molecule has 1 fully saturated rings. The molecule has 2 rings (SSSR count). The number of aromatic nitrogens is 1. The highest BCUT2D eigenvalue weighted by Gasteiger charge is 2.34. The molecule has 1 aromatic heterocycles. The van der Waals surface area contributed by atoms with E-state index in [1.54, 1.807) is 12.3 Å². The number of amides is 1. The standard InChI is InChI=1S/C12H14Br2N2O/c13-8-12(5-1-2-6-12)16-11(17)10-9(14)4-3-7-15-10/h3-4,7H,1-2,5-6,8H2,(H,16,17). The monoisotopic (exact) mass is 360 g/mol. The number of hydrogen-bond acceptors (Lipinski definition) is 2. The van der Waals surface area contributed by atoms with Crippen LogP contribution in [0.5, 0.6) is 0 Å². The van der Waals surface area contributed by atoms with E-state index < -0.39 is 0 Å². The van der Waals surface area contributed by atoms with Crippen LogP contribution >= 0.6 is 31.9 Å². The zero-order valence-corrected chi connectivity index (χ0v) is 12.6.